The molecule has 0 fully saturated rings. The van der Waals surface area contributed by atoms with Crippen LogP contribution < -0.4 is 5.32 Å². The maximum Gasteiger partial charge on any atom is 0.230 e. The Labute approximate surface area is 160 Å². The molecule has 1 N–H and O–H groups in total. The molecule has 1 heterocycles. The minimum atomic E-state index is -0.313. The molecule has 140 valence electrons. The summed E-state index contributed by atoms with van der Waals surface area (Å²) in [6.07, 6.45) is 0. The van der Waals surface area contributed by atoms with Crippen LogP contribution in [0.25, 0.3) is 17.1 Å². The number of rotatable bonds is 8. The van der Waals surface area contributed by atoms with Crippen molar-refractivity contribution in [1.29, 1.82) is 0 Å². The first-order chi connectivity index (χ1) is 13.2. The van der Waals surface area contributed by atoms with Gasteiger partial charge in [-0.2, -0.15) is 0 Å². The van der Waals surface area contributed by atoms with Crippen molar-refractivity contribution in [2.75, 3.05) is 26.0 Å². The van der Waals surface area contributed by atoms with Gasteiger partial charge >= 0.3 is 0 Å². The molecule has 1 aromatic heterocycles. The molecule has 1 amide bonds. The lowest BCUT2D eigenvalue weighted by molar-refractivity contribution is -0.118. The number of hydrogen-bond donors (Lipinski definition) is 1. The zero-order chi connectivity index (χ0) is 19.1. The van der Waals surface area contributed by atoms with Gasteiger partial charge < -0.3 is 10.1 Å². The number of ether oxygens (including phenoxy) is 1. The molecule has 0 saturated carbocycles. The van der Waals surface area contributed by atoms with E-state index in [0.717, 1.165) is 11.3 Å². The summed E-state index contributed by atoms with van der Waals surface area (Å²) in [5.74, 6) is 0.372. The number of para-hydroxylation sites is 1. The van der Waals surface area contributed by atoms with Crippen molar-refractivity contribution in [3.05, 3.63) is 60.4 Å². The molecular weight excluding hydrogens is 367 g/mol. The number of benzene rings is 2. The number of hydrogen-bond acceptors (Lipinski definition) is 5. The van der Waals surface area contributed by atoms with E-state index in [4.69, 9.17) is 4.74 Å². The van der Waals surface area contributed by atoms with Crippen molar-refractivity contribution in [3.63, 3.8) is 0 Å². The normalized spacial score (nSPS) is 10.7. The fourth-order valence-electron chi connectivity index (χ4n) is 2.43. The third-order valence-corrected chi connectivity index (χ3v) is 4.64. The van der Waals surface area contributed by atoms with E-state index in [1.807, 2.05) is 34.9 Å². The van der Waals surface area contributed by atoms with Gasteiger partial charge in [-0.1, -0.05) is 30.0 Å². The average Bonchev–Trinajstić information content (AvgIpc) is 3.12. The molecule has 0 aliphatic carbocycles. The molecule has 0 unspecified atom stereocenters. The maximum absolute atomic E-state index is 13.3. The lowest BCUT2D eigenvalue weighted by atomic mass is 10.2. The van der Waals surface area contributed by atoms with Crippen LogP contribution in [-0.2, 0) is 9.53 Å². The highest BCUT2D eigenvalue weighted by molar-refractivity contribution is 7.99. The number of thioether (sulfide) groups is 1. The van der Waals surface area contributed by atoms with E-state index in [0.29, 0.717) is 24.1 Å². The number of halogens is 1. The predicted molar refractivity (Wildman–Crippen MR) is 102 cm³/mol. The van der Waals surface area contributed by atoms with Crippen molar-refractivity contribution < 1.29 is 13.9 Å². The number of carbonyl (C=O) groups excluding carboxylic acids is 1. The largest absolute Gasteiger partial charge is 0.383 e. The molecule has 0 bridgehead atoms. The molecule has 3 rings (SSSR count). The van der Waals surface area contributed by atoms with Crippen LogP contribution in [0.2, 0.25) is 0 Å². The van der Waals surface area contributed by atoms with Crippen LogP contribution in [0.5, 0.6) is 0 Å². The van der Waals surface area contributed by atoms with Crippen LogP contribution in [0.1, 0.15) is 0 Å². The van der Waals surface area contributed by atoms with E-state index in [1.165, 1.54) is 23.9 Å². The Hall–Kier alpha value is -2.71. The van der Waals surface area contributed by atoms with Crippen LogP contribution in [0, 0.1) is 5.82 Å². The van der Waals surface area contributed by atoms with E-state index in [-0.39, 0.29) is 17.5 Å². The van der Waals surface area contributed by atoms with Gasteiger partial charge in [-0.25, -0.2) is 4.39 Å². The molecule has 2 aromatic carbocycles. The standard InChI is InChI=1S/C19H19FN4O2S/c1-26-12-11-21-17(25)13-27-19-23-22-18(14-7-9-15(20)10-8-14)24(19)16-5-3-2-4-6-16/h2-10H,11-13H2,1H3,(H,21,25). The van der Waals surface area contributed by atoms with Gasteiger partial charge in [0.25, 0.3) is 0 Å². The summed E-state index contributed by atoms with van der Waals surface area (Å²) in [6, 6.07) is 15.7. The summed E-state index contributed by atoms with van der Waals surface area (Å²) < 4.78 is 20.0. The second kappa shape index (κ2) is 9.29. The molecule has 0 aliphatic heterocycles. The zero-order valence-corrected chi connectivity index (χ0v) is 15.6. The lowest BCUT2D eigenvalue weighted by Gasteiger charge is -2.10. The van der Waals surface area contributed by atoms with Gasteiger partial charge in [0.15, 0.2) is 11.0 Å². The summed E-state index contributed by atoms with van der Waals surface area (Å²) in [5.41, 5.74) is 1.60. The van der Waals surface area contributed by atoms with Gasteiger partial charge in [-0.05, 0) is 36.4 Å². The summed E-state index contributed by atoms with van der Waals surface area (Å²) in [6.45, 7) is 0.924. The van der Waals surface area contributed by atoms with E-state index >= 15 is 0 Å². The summed E-state index contributed by atoms with van der Waals surface area (Å²) in [5, 5.41) is 11.9. The van der Waals surface area contributed by atoms with Crippen LogP contribution >= 0.6 is 11.8 Å². The molecule has 27 heavy (non-hydrogen) atoms. The van der Waals surface area contributed by atoms with Gasteiger partial charge in [-0.15, -0.1) is 10.2 Å². The molecular formula is C19H19FN4O2S. The average molecular weight is 386 g/mol. The zero-order valence-electron chi connectivity index (χ0n) is 14.8. The highest BCUT2D eigenvalue weighted by atomic mass is 32.2. The first-order valence-corrected chi connectivity index (χ1v) is 9.33. The first-order valence-electron chi connectivity index (χ1n) is 8.34. The van der Waals surface area contributed by atoms with Crippen LogP contribution in [0.4, 0.5) is 4.39 Å². The Morgan fingerprint density at radius 1 is 1.15 bits per heavy atom. The van der Waals surface area contributed by atoms with Gasteiger partial charge in [0.2, 0.25) is 5.91 Å². The van der Waals surface area contributed by atoms with Gasteiger partial charge in [0.1, 0.15) is 5.82 Å². The minimum absolute atomic E-state index is 0.108. The number of carbonyl (C=O) groups is 1. The van der Waals surface area contributed by atoms with Gasteiger partial charge in [0.05, 0.1) is 12.4 Å². The first kappa shape index (κ1) is 19.1. The molecule has 8 heteroatoms. The predicted octanol–water partition coefficient (Wildman–Crippen LogP) is 2.93. The summed E-state index contributed by atoms with van der Waals surface area (Å²) in [7, 11) is 1.58. The van der Waals surface area contributed by atoms with Crippen molar-refractivity contribution >= 4 is 17.7 Å². The smallest absolute Gasteiger partial charge is 0.230 e. The van der Waals surface area contributed by atoms with E-state index in [1.54, 1.807) is 19.2 Å². The van der Waals surface area contributed by atoms with Crippen LogP contribution in [0.3, 0.4) is 0 Å². The molecule has 0 aliphatic rings. The number of amides is 1. The molecule has 3 aromatic rings. The highest BCUT2D eigenvalue weighted by Crippen LogP contribution is 2.27. The van der Waals surface area contributed by atoms with Gasteiger partial charge in [-0.3, -0.25) is 9.36 Å². The van der Waals surface area contributed by atoms with Crippen LogP contribution in [0.15, 0.2) is 59.8 Å². The quantitative estimate of drug-likeness (QED) is 0.476. The Morgan fingerprint density at radius 2 is 1.89 bits per heavy atom. The van der Waals surface area contributed by atoms with Gasteiger partial charge in [0, 0.05) is 24.9 Å². The second-order valence-corrected chi connectivity index (χ2v) is 6.56. The van der Waals surface area contributed by atoms with E-state index in [9.17, 15) is 9.18 Å². The number of methoxy groups -OCH3 is 1. The van der Waals surface area contributed by atoms with E-state index in [2.05, 4.69) is 15.5 Å². The molecule has 0 atom stereocenters. The SMILES string of the molecule is COCCNC(=O)CSc1nnc(-c2ccc(F)cc2)n1-c1ccccc1. The van der Waals surface area contributed by atoms with Crippen LogP contribution in [-0.4, -0.2) is 46.7 Å². The fraction of sp³-hybridized carbons (Fsp3) is 0.211. The van der Waals surface area contributed by atoms with Crippen molar-refractivity contribution in [3.8, 4) is 17.1 Å². The fourth-order valence-corrected chi connectivity index (χ4v) is 3.21. The van der Waals surface area contributed by atoms with E-state index < -0.39 is 0 Å². The van der Waals surface area contributed by atoms with Crippen molar-refractivity contribution in [1.82, 2.24) is 20.1 Å². The molecule has 0 saturated heterocycles. The monoisotopic (exact) mass is 386 g/mol. The number of aromatic nitrogens is 3. The lowest BCUT2D eigenvalue weighted by Crippen LogP contribution is -2.28. The number of nitrogens with one attached hydrogen (secondary N) is 1. The molecule has 0 spiro atoms. The van der Waals surface area contributed by atoms with Crippen molar-refractivity contribution in [2.24, 2.45) is 0 Å². The Morgan fingerprint density at radius 3 is 2.59 bits per heavy atom. The summed E-state index contributed by atoms with van der Waals surface area (Å²) in [4.78, 5) is 12.0. The third kappa shape index (κ3) is 4.93. The minimum Gasteiger partial charge on any atom is -0.383 e. The second-order valence-electron chi connectivity index (χ2n) is 5.62. The maximum atomic E-state index is 13.3. The summed E-state index contributed by atoms with van der Waals surface area (Å²) >= 11 is 1.29. The van der Waals surface area contributed by atoms with Crippen molar-refractivity contribution in [2.45, 2.75) is 5.16 Å². The topological polar surface area (TPSA) is 69.0 Å². The number of nitrogens with zero attached hydrogens (tertiary/aromatic N) is 3. The third-order valence-electron chi connectivity index (χ3n) is 3.71. The Balaban J connectivity index is 1.86. The Kier molecular flexibility index (Phi) is 6.56. The molecule has 6 nitrogen and oxygen atoms in total. The molecule has 0 radical (unpaired) electrons. The Bertz CT molecular complexity index is 884. The highest BCUT2D eigenvalue weighted by Gasteiger charge is 2.17.